The Morgan fingerprint density at radius 2 is 0.957 bits per heavy atom. The summed E-state index contributed by atoms with van der Waals surface area (Å²) in [6.45, 7) is 31.1. The molecule has 2 rings (SSSR count). The van der Waals surface area contributed by atoms with Crippen molar-refractivity contribution in [2.24, 2.45) is 10.8 Å². The lowest BCUT2D eigenvalue weighted by atomic mass is 9.72. The number of rotatable bonds is 12. The van der Waals surface area contributed by atoms with Crippen LogP contribution in [0.1, 0.15) is 142 Å². The summed E-state index contributed by atoms with van der Waals surface area (Å²) in [6, 6.07) is 0. The smallest absolute Gasteiger partial charge is 0.0122 e. The third kappa shape index (κ3) is 18.2. The average Bonchev–Trinajstić information content (AvgIpc) is 2.97. The Morgan fingerprint density at radius 1 is 0.609 bits per heavy atom. The van der Waals surface area contributed by atoms with Gasteiger partial charge in [0.1, 0.15) is 0 Å². The van der Waals surface area contributed by atoms with Gasteiger partial charge in [0.05, 0.1) is 0 Å². The Kier molecular flexibility index (Phi) is 22.8. The van der Waals surface area contributed by atoms with E-state index in [1.54, 1.807) is 11.1 Å². The van der Waals surface area contributed by atoms with Crippen molar-refractivity contribution in [2.45, 2.75) is 142 Å². The van der Waals surface area contributed by atoms with Gasteiger partial charge in [0.15, 0.2) is 0 Å². The van der Waals surface area contributed by atoms with E-state index in [1.165, 1.54) is 78.4 Å². The molecule has 0 heterocycles. The van der Waals surface area contributed by atoms with Gasteiger partial charge in [0.25, 0.3) is 0 Å². The lowest BCUT2D eigenvalue weighted by Crippen LogP contribution is -2.19. The van der Waals surface area contributed by atoms with E-state index in [-0.39, 0.29) is 0 Å². The highest BCUT2D eigenvalue weighted by molar-refractivity contribution is 7.99. The van der Waals surface area contributed by atoms with Gasteiger partial charge >= 0.3 is 0 Å². The molecule has 0 aromatic rings. The van der Waals surface area contributed by atoms with Gasteiger partial charge in [-0.2, -0.15) is 11.8 Å². The largest absolute Gasteiger partial charge is 0.154 e. The first-order valence-electron chi connectivity index (χ1n) is 18.1. The Morgan fingerprint density at radius 3 is 1.28 bits per heavy atom. The Bertz CT molecular complexity index is 1110. The molecule has 0 unspecified atom stereocenters. The number of allylic oxidation sites excluding steroid dienone is 18. The topological polar surface area (TPSA) is 0 Å². The molecular formula is C45H72S. The average molecular weight is 645 g/mol. The normalized spacial score (nSPS) is 19.7. The van der Waals surface area contributed by atoms with Crippen LogP contribution >= 0.6 is 11.8 Å². The number of hydrogen-bond donors (Lipinski definition) is 0. The van der Waals surface area contributed by atoms with Gasteiger partial charge in [0, 0.05) is 11.5 Å². The van der Waals surface area contributed by atoms with Crippen LogP contribution in [0.15, 0.2) is 117 Å². The minimum absolute atomic E-state index is 0.299. The van der Waals surface area contributed by atoms with E-state index in [0.29, 0.717) is 10.8 Å². The molecule has 0 aliphatic heterocycles. The molecule has 0 saturated carbocycles. The van der Waals surface area contributed by atoms with E-state index in [2.05, 4.69) is 156 Å². The molecule has 2 aliphatic carbocycles. The minimum atomic E-state index is 0.299. The van der Waals surface area contributed by atoms with Crippen molar-refractivity contribution in [3.63, 3.8) is 0 Å². The zero-order valence-electron chi connectivity index (χ0n) is 32.7. The van der Waals surface area contributed by atoms with Gasteiger partial charge in [0.2, 0.25) is 0 Å². The van der Waals surface area contributed by atoms with Crippen LogP contribution in [0.25, 0.3) is 0 Å². The molecular weight excluding hydrogens is 573 g/mol. The molecule has 46 heavy (non-hydrogen) atoms. The van der Waals surface area contributed by atoms with Gasteiger partial charge in [-0.25, -0.2) is 0 Å². The second-order valence-corrected chi connectivity index (χ2v) is 15.3. The summed E-state index contributed by atoms with van der Waals surface area (Å²) < 4.78 is 0. The van der Waals surface area contributed by atoms with E-state index in [1.807, 2.05) is 25.6 Å². The summed E-state index contributed by atoms with van der Waals surface area (Å²) in [5.74, 6) is 2.06. The summed E-state index contributed by atoms with van der Waals surface area (Å²) in [6.07, 6.45) is 36.0. The first-order chi connectivity index (χ1) is 21.7. The summed E-state index contributed by atoms with van der Waals surface area (Å²) >= 11 is 1.95. The van der Waals surface area contributed by atoms with Crippen LogP contribution in [0.5, 0.6) is 0 Å². The Hall–Kier alpha value is -2.25. The van der Waals surface area contributed by atoms with E-state index in [4.69, 9.17) is 0 Å². The molecule has 0 atom stereocenters. The highest BCUT2D eigenvalue weighted by atomic mass is 32.2. The Balaban J connectivity index is 0.00000381. The van der Waals surface area contributed by atoms with Gasteiger partial charge in [-0.15, -0.1) is 0 Å². The van der Waals surface area contributed by atoms with Crippen LogP contribution in [-0.4, -0.2) is 11.5 Å². The van der Waals surface area contributed by atoms with Crippen LogP contribution in [0.3, 0.4) is 0 Å². The van der Waals surface area contributed by atoms with Crippen LogP contribution in [0, 0.1) is 10.8 Å². The molecule has 0 spiro atoms. The highest BCUT2D eigenvalue weighted by Crippen LogP contribution is 2.41. The van der Waals surface area contributed by atoms with Crippen molar-refractivity contribution in [1.82, 2.24) is 0 Å². The summed E-state index contributed by atoms with van der Waals surface area (Å²) in [4.78, 5) is 0. The maximum Gasteiger partial charge on any atom is 0.0122 e. The summed E-state index contributed by atoms with van der Waals surface area (Å²) in [7, 11) is 0. The van der Waals surface area contributed by atoms with Crippen molar-refractivity contribution < 1.29 is 0 Å². The molecule has 258 valence electrons. The first kappa shape index (κ1) is 43.8. The lowest BCUT2D eigenvalue weighted by molar-refractivity contribution is 0.376. The van der Waals surface area contributed by atoms with Crippen LogP contribution in [-0.2, 0) is 0 Å². The standard InChI is InChI=1S/C40H58S.C3H8.C2H6/c1-31(21-23-37-35(5)19-13-27-39(37,7)8)15-11-17-33(3)25-29-41-30-26-34(4)18-12-16-32(2)22-24-38-36(6)20-14-28-40(38,9)10;1-3-2;1-2/h11-12,15-18,21-26H,13-14,19-20,27-30H2,1-10H3;3H2,1-2H3;1-2H3/b17-11+,18-12+,23-21+,24-22+,31-15+,32-16+,33-25+,34-26+;;. The third-order valence-corrected chi connectivity index (χ3v) is 9.40. The third-order valence-electron chi connectivity index (χ3n) is 8.59. The molecule has 0 saturated heterocycles. The molecule has 0 nitrogen and oxygen atoms in total. The zero-order valence-corrected chi connectivity index (χ0v) is 33.5. The van der Waals surface area contributed by atoms with Crippen LogP contribution in [0.2, 0.25) is 0 Å². The molecule has 0 amide bonds. The van der Waals surface area contributed by atoms with Crippen LogP contribution < -0.4 is 0 Å². The summed E-state index contributed by atoms with van der Waals surface area (Å²) in [5.41, 5.74) is 12.0. The second-order valence-electron chi connectivity index (χ2n) is 14.2. The molecule has 0 N–H and O–H groups in total. The lowest BCUT2D eigenvalue weighted by Gasteiger charge is -2.33. The molecule has 0 radical (unpaired) electrons. The maximum absolute atomic E-state index is 2.38. The molecule has 1 heteroatoms. The highest BCUT2D eigenvalue weighted by Gasteiger charge is 2.27. The zero-order chi connectivity index (χ0) is 35.2. The maximum atomic E-state index is 2.38. The van der Waals surface area contributed by atoms with Crippen molar-refractivity contribution in [1.29, 1.82) is 0 Å². The number of thioether (sulfide) groups is 1. The van der Waals surface area contributed by atoms with E-state index >= 15 is 0 Å². The quantitative estimate of drug-likeness (QED) is 0.150. The predicted molar refractivity (Wildman–Crippen MR) is 217 cm³/mol. The Labute approximate surface area is 292 Å². The predicted octanol–water partition coefficient (Wildman–Crippen LogP) is 15.2. The van der Waals surface area contributed by atoms with Crippen LogP contribution in [0.4, 0.5) is 0 Å². The molecule has 0 bridgehead atoms. The van der Waals surface area contributed by atoms with Gasteiger partial charge in [-0.1, -0.05) is 168 Å². The molecule has 0 aromatic carbocycles. The van der Waals surface area contributed by atoms with Gasteiger partial charge in [-0.05, 0) is 102 Å². The monoisotopic (exact) mass is 645 g/mol. The van der Waals surface area contributed by atoms with Gasteiger partial charge in [-0.3, -0.25) is 0 Å². The van der Waals surface area contributed by atoms with Crippen molar-refractivity contribution >= 4 is 11.8 Å². The first-order valence-corrected chi connectivity index (χ1v) is 19.3. The van der Waals surface area contributed by atoms with E-state index in [9.17, 15) is 0 Å². The molecule has 0 fully saturated rings. The fraction of sp³-hybridized carbons (Fsp3) is 0.556. The molecule has 2 aliphatic rings. The fourth-order valence-corrected chi connectivity index (χ4v) is 6.75. The fourth-order valence-electron chi connectivity index (χ4n) is 5.85. The van der Waals surface area contributed by atoms with E-state index in [0.717, 1.165) is 11.5 Å². The van der Waals surface area contributed by atoms with Gasteiger partial charge < -0.3 is 0 Å². The van der Waals surface area contributed by atoms with E-state index < -0.39 is 0 Å². The SMILES string of the molecule is CC.CC1=C(/C=C/C(C)=C/C=C/C(C)=C/CSC/C=C(C)/C=C/C=C(C)/C=C/C2=C(C)CCCC2(C)C)C(C)(C)CCC1.CCC. The molecule has 0 aromatic heterocycles. The van der Waals surface area contributed by atoms with Crippen molar-refractivity contribution in [3.05, 3.63) is 117 Å². The second kappa shape index (κ2) is 24.0. The van der Waals surface area contributed by atoms with Crippen molar-refractivity contribution in [2.75, 3.05) is 11.5 Å². The minimum Gasteiger partial charge on any atom is -0.154 e. The van der Waals surface area contributed by atoms with Crippen molar-refractivity contribution in [3.8, 4) is 0 Å². The number of hydrogen-bond acceptors (Lipinski definition) is 1. The summed E-state index contributed by atoms with van der Waals surface area (Å²) in [5, 5.41) is 0.